The first-order chi connectivity index (χ1) is 17.1. The standard InChI is InChI=1S/C21H29N3O8S4/c1-22-17(7-8-20-24(12-15-34-20)10-4-16-36(28,29)30)21(25)32-18(22)5-2-6-19-23(11-14-33-19)9-3-13-31-35(26)27/h2,5-8H,3-4,9-16H2,1H3,(H-,26,27,28,29,30)/p+1/b17-7+,20-8+. The molecule has 2 N–H and O–H groups in total. The molecular formula is C21H30N3O8S4+. The van der Waals surface area contributed by atoms with Crippen LogP contribution < -0.4 is 16.5 Å². The molecule has 2 aliphatic rings. The molecule has 0 saturated carbocycles. The van der Waals surface area contributed by atoms with Crippen LogP contribution >= 0.6 is 23.5 Å². The van der Waals surface area contributed by atoms with Crippen LogP contribution in [0.2, 0.25) is 0 Å². The van der Waals surface area contributed by atoms with Crippen LogP contribution in [-0.2, 0) is 32.7 Å². The van der Waals surface area contributed by atoms with E-state index in [0.29, 0.717) is 36.8 Å². The normalized spacial score (nSPS) is 20.1. The maximum absolute atomic E-state index is 12.4. The Labute approximate surface area is 220 Å². The largest absolute Gasteiger partial charge is 0.405 e. The molecule has 3 heterocycles. The zero-order valence-electron chi connectivity index (χ0n) is 19.8. The molecule has 0 radical (unpaired) electrons. The Morgan fingerprint density at radius 2 is 2.03 bits per heavy atom. The highest BCUT2D eigenvalue weighted by molar-refractivity contribution is 8.14. The van der Waals surface area contributed by atoms with E-state index >= 15 is 0 Å². The molecule has 36 heavy (non-hydrogen) atoms. The second-order valence-corrected chi connectivity index (χ2v) is 12.4. The molecule has 1 aromatic heterocycles. The van der Waals surface area contributed by atoms with Crippen LogP contribution in [0.1, 0.15) is 12.8 Å². The summed E-state index contributed by atoms with van der Waals surface area (Å²) in [6, 6.07) is 0. The molecule has 1 unspecified atom stereocenters. The highest BCUT2D eigenvalue weighted by Crippen LogP contribution is 2.27. The second kappa shape index (κ2) is 13.8. The van der Waals surface area contributed by atoms with Gasteiger partial charge in [-0.05, 0) is 30.7 Å². The van der Waals surface area contributed by atoms with Gasteiger partial charge in [0.25, 0.3) is 10.1 Å². The first-order valence-corrected chi connectivity index (χ1v) is 15.8. The van der Waals surface area contributed by atoms with E-state index in [-0.39, 0.29) is 12.4 Å². The molecule has 2 aliphatic heterocycles. The molecule has 200 valence electrons. The van der Waals surface area contributed by atoms with Crippen molar-refractivity contribution in [3.8, 4) is 0 Å². The monoisotopic (exact) mass is 580 g/mol. The summed E-state index contributed by atoms with van der Waals surface area (Å²) in [6.45, 7) is 3.06. The molecule has 1 saturated heterocycles. The van der Waals surface area contributed by atoms with Crippen molar-refractivity contribution in [1.29, 1.82) is 0 Å². The summed E-state index contributed by atoms with van der Waals surface area (Å²) in [4.78, 5) is 14.5. The third-order valence-electron chi connectivity index (χ3n) is 5.39. The van der Waals surface area contributed by atoms with Gasteiger partial charge in [-0.2, -0.15) is 12.6 Å². The van der Waals surface area contributed by atoms with Gasteiger partial charge in [0.05, 0.1) is 23.1 Å². The molecular weight excluding hydrogens is 551 g/mol. The number of oxazole rings is 1. The minimum atomic E-state index is -3.98. The van der Waals surface area contributed by atoms with Crippen LogP contribution in [0, 0.1) is 0 Å². The average molecular weight is 581 g/mol. The van der Waals surface area contributed by atoms with Crippen molar-refractivity contribution in [3.05, 3.63) is 44.6 Å². The van der Waals surface area contributed by atoms with E-state index < -0.39 is 27.1 Å². The van der Waals surface area contributed by atoms with E-state index in [1.807, 2.05) is 23.1 Å². The molecule has 0 aromatic carbocycles. The van der Waals surface area contributed by atoms with Gasteiger partial charge < -0.3 is 13.9 Å². The molecule has 15 heteroatoms. The lowest BCUT2D eigenvalue weighted by molar-refractivity contribution is -0.517. The van der Waals surface area contributed by atoms with Crippen LogP contribution in [0.4, 0.5) is 0 Å². The predicted octanol–water partition coefficient (Wildman–Crippen LogP) is -0.0352. The number of rotatable bonds is 12. The second-order valence-electron chi connectivity index (χ2n) is 7.91. The van der Waals surface area contributed by atoms with Crippen LogP contribution in [-0.4, -0.2) is 90.9 Å². The minimum Gasteiger partial charge on any atom is -0.405 e. The van der Waals surface area contributed by atoms with Crippen LogP contribution in [0.25, 0.3) is 12.2 Å². The Hall–Kier alpha value is -1.62. The third-order valence-corrected chi connectivity index (χ3v) is 8.72. The molecule has 0 bridgehead atoms. The number of nitrogens with zero attached hydrogens (tertiary/aromatic N) is 3. The van der Waals surface area contributed by atoms with E-state index in [1.165, 1.54) is 0 Å². The van der Waals surface area contributed by atoms with Crippen molar-refractivity contribution in [2.24, 2.45) is 7.05 Å². The van der Waals surface area contributed by atoms with Gasteiger partial charge >= 0.3 is 17.0 Å². The lowest BCUT2D eigenvalue weighted by atomic mass is 10.4. The fourth-order valence-corrected chi connectivity index (χ4v) is 6.52. The fourth-order valence-electron chi connectivity index (χ4n) is 3.66. The SMILES string of the molecule is Cn1/c(=C\C=C\C2=[N+](CCCOS(=O)O)CCS2)oc(=O)/c1=C\C=C1\SCCN1CCCS(=O)(=O)O. The van der Waals surface area contributed by atoms with Gasteiger partial charge in [0.1, 0.15) is 11.9 Å². The van der Waals surface area contributed by atoms with E-state index in [9.17, 15) is 17.4 Å². The highest BCUT2D eigenvalue weighted by atomic mass is 32.2. The molecule has 0 amide bonds. The summed E-state index contributed by atoms with van der Waals surface area (Å²) >= 11 is 1.09. The lowest BCUT2D eigenvalue weighted by Gasteiger charge is -2.17. The summed E-state index contributed by atoms with van der Waals surface area (Å²) < 4.78 is 63.9. The van der Waals surface area contributed by atoms with E-state index in [0.717, 1.165) is 34.7 Å². The summed E-state index contributed by atoms with van der Waals surface area (Å²) in [7, 11) is -2.23. The van der Waals surface area contributed by atoms with Gasteiger partial charge in [-0.15, -0.1) is 11.8 Å². The molecule has 1 aromatic rings. The molecule has 1 atom stereocenters. The van der Waals surface area contributed by atoms with Crippen LogP contribution in [0.3, 0.4) is 0 Å². The summed E-state index contributed by atoms with van der Waals surface area (Å²) in [6.07, 6.45) is 9.97. The maximum Gasteiger partial charge on any atom is 0.361 e. The Morgan fingerprint density at radius 1 is 1.22 bits per heavy atom. The van der Waals surface area contributed by atoms with Gasteiger partial charge in [0.15, 0.2) is 6.54 Å². The van der Waals surface area contributed by atoms with Crippen molar-refractivity contribution < 1.29 is 34.9 Å². The molecule has 3 rings (SSSR count). The highest BCUT2D eigenvalue weighted by Gasteiger charge is 2.20. The fraction of sp³-hybridized carbons (Fsp3) is 0.524. The zero-order chi connectivity index (χ0) is 26.1. The van der Waals surface area contributed by atoms with Crippen molar-refractivity contribution >= 4 is 62.2 Å². The van der Waals surface area contributed by atoms with Gasteiger partial charge in [0.2, 0.25) is 10.6 Å². The first kappa shape index (κ1) is 28.9. The van der Waals surface area contributed by atoms with E-state index in [1.54, 1.807) is 47.3 Å². The molecule has 0 spiro atoms. The summed E-state index contributed by atoms with van der Waals surface area (Å²) in [5.41, 5.74) is -0.0559. The molecule has 11 nitrogen and oxygen atoms in total. The number of thioether (sulfide) groups is 2. The summed E-state index contributed by atoms with van der Waals surface area (Å²) in [5.74, 6) is 1.53. The predicted molar refractivity (Wildman–Crippen MR) is 143 cm³/mol. The zero-order valence-corrected chi connectivity index (χ0v) is 23.0. The van der Waals surface area contributed by atoms with Crippen molar-refractivity contribution in [3.63, 3.8) is 0 Å². The first-order valence-electron chi connectivity index (χ1n) is 11.2. The van der Waals surface area contributed by atoms with E-state index in [4.69, 9.17) is 13.5 Å². The molecule has 1 fully saturated rings. The number of aromatic nitrogens is 1. The Kier molecular flexibility index (Phi) is 11.1. The smallest absolute Gasteiger partial charge is 0.361 e. The van der Waals surface area contributed by atoms with Gasteiger partial charge in [0, 0.05) is 38.4 Å². The number of allylic oxidation sites excluding steroid dienone is 2. The van der Waals surface area contributed by atoms with Crippen LogP contribution in [0.5, 0.6) is 0 Å². The van der Waals surface area contributed by atoms with Crippen molar-refractivity contribution in [2.75, 3.05) is 50.0 Å². The van der Waals surface area contributed by atoms with E-state index in [2.05, 4.69) is 8.76 Å². The lowest BCUT2D eigenvalue weighted by Crippen LogP contribution is -2.29. The van der Waals surface area contributed by atoms with Crippen molar-refractivity contribution in [2.45, 2.75) is 12.8 Å². The minimum absolute atomic E-state index is 0.207. The molecule has 0 aliphatic carbocycles. The number of hydrogen-bond donors (Lipinski definition) is 2. The third kappa shape index (κ3) is 9.04. The van der Waals surface area contributed by atoms with Crippen molar-refractivity contribution in [1.82, 2.24) is 9.47 Å². The Bertz CT molecular complexity index is 1330. The number of hydrogen-bond acceptors (Lipinski definition) is 9. The maximum atomic E-state index is 12.4. The average Bonchev–Trinajstić information content (AvgIpc) is 3.50. The van der Waals surface area contributed by atoms with Crippen LogP contribution in [0.15, 0.2) is 32.5 Å². The Balaban J connectivity index is 1.69. The van der Waals surface area contributed by atoms with Gasteiger partial charge in [-0.3, -0.25) is 13.3 Å². The quantitative estimate of drug-likeness (QED) is 0.149. The van der Waals surface area contributed by atoms with Gasteiger partial charge in [-0.25, -0.2) is 9.37 Å². The Morgan fingerprint density at radius 3 is 2.78 bits per heavy atom. The van der Waals surface area contributed by atoms with Gasteiger partial charge in [-0.1, -0.05) is 11.8 Å². The summed E-state index contributed by atoms with van der Waals surface area (Å²) in [5, 5.41) is 2.39. The topological polar surface area (TPSA) is 142 Å².